The second-order valence-electron chi connectivity index (χ2n) is 4.81. The van der Waals surface area contributed by atoms with E-state index in [1.807, 2.05) is 45.0 Å². The lowest BCUT2D eigenvalue weighted by molar-refractivity contribution is -0.119. The van der Waals surface area contributed by atoms with Crippen molar-refractivity contribution in [3.63, 3.8) is 0 Å². The smallest absolute Gasteiger partial charge is 0.230 e. The van der Waals surface area contributed by atoms with Gasteiger partial charge in [-0.15, -0.1) is 11.8 Å². The van der Waals surface area contributed by atoms with Gasteiger partial charge in [-0.05, 0) is 31.9 Å². The predicted molar refractivity (Wildman–Crippen MR) is 80.4 cm³/mol. The van der Waals surface area contributed by atoms with E-state index in [-0.39, 0.29) is 5.91 Å². The molecule has 0 unspecified atom stereocenters. The van der Waals surface area contributed by atoms with Crippen molar-refractivity contribution in [3.05, 3.63) is 29.8 Å². The van der Waals surface area contributed by atoms with Gasteiger partial charge in [-0.2, -0.15) is 0 Å². The minimum Gasteiger partial charge on any atom is -0.388 e. The fourth-order valence-corrected chi connectivity index (χ4v) is 2.33. The van der Waals surface area contributed by atoms with E-state index < -0.39 is 5.60 Å². The molecule has 4 heteroatoms. The maximum Gasteiger partial charge on any atom is 0.230 e. The molecular formula is C15H23NO2S. The van der Waals surface area contributed by atoms with Crippen LogP contribution in [0.5, 0.6) is 0 Å². The molecule has 0 aliphatic carbocycles. The van der Waals surface area contributed by atoms with Crippen molar-refractivity contribution in [2.24, 2.45) is 0 Å². The van der Waals surface area contributed by atoms with Crippen LogP contribution in [0, 0.1) is 6.92 Å². The van der Waals surface area contributed by atoms with Gasteiger partial charge in [0.2, 0.25) is 5.91 Å². The summed E-state index contributed by atoms with van der Waals surface area (Å²) in [6.45, 7) is 6.22. The van der Waals surface area contributed by atoms with Gasteiger partial charge in [0, 0.05) is 11.4 Å². The van der Waals surface area contributed by atoms with E-state index in [0.29, 0.717) is 25.1 Å². The Morgan fingerprint density at radius 3 is 2.37 bits per heavy atom. The van der Waals surface area contributed by atoms with Gasteiger partial charge >= 0.3 is 0 Å². The molecule has 1 aromatic rings. The highest BCUT2D eigenvalue weighted by atomic mass is 32.2. The molecule has 106 valence electrons. The summed E-state index contributed by atoms with van der Waals surface area (Å²) in [5.41, 5.74) is 0.439. The summed E-state index contributed by atoms with van der Waals surface area (Å²) < 4.78 is 0. The molecular weight excluding hydrogens is 258 g/mol. The summed E-state index contributed by atoms with van der Waals surface area (Å²) in [4.78, 5) is 12.8. The van der Waals surface area contributed by atoms with Gasteiger partial charge in [0.15, 0.2) is 0 Å². The Morgan fingerprint density at radius 2 is 1.84 bits per heavy atom. The predicted octanol–water partition coefficient (Wildman–Crippen LogP) is 2.75. The standard InChI is InChI=1S/C15H23NO2S/c1-4-15(18,5-2)11-16-14(17)10-19-13-8-6-12(3)7-9-13/h6-9,18H,4-5,10-11H2,1-3H3,(H,16,17). The molecule has 19 heavy (non-hydrogen) atoms. The van der Waals surface area contributed by atoms with E-state index >= 15 is 0 Å². The minimum absolute atomic E-state index is 0.0362. The van der Waals surface area contributed by atoms with Crippen molar-refractivity contribution in [1.29, 1.82) is 0 Å². The van der Waals surface area contributed by atoms with Crippen LogP contribution in [0.15, 0.2) is 29.2 Å². The van der Waals surface area contributed by atoms with Crippen molar-refractivity contribution >= 4 is 17.7 Å². The van der Waals surface area contributed by atoms with Gasteiger partial charge in [0.1, 0.15) is 0 Å². The van der Waals surface area contributed by atoms with Gasteiger partial charge < -0.3 is 10.4 Å². The highest BCUT2D eigenvalue weighted by Crippen LogP contribution is 2.18. The summed E-state index contributed by atoms with van der Waals surface area (Å²) >= 11 is 1.51. The Bertz CT molecular complexity index is 399. The summed E-state index contributed by atoms with van der Waals surface area (Å²) in [5.74, 6) is 0.345. The highest BCUT2D eigenvalue weighted by Gasteiger charge is 2.22. The Morgan fingerprint density at radius 1 is 1.26 bits per heavy atom. The molecule has 0 atom stereocenters. The van der Waals surface area contributed by atoms with E-state index in [1.54, 1.807) is 0 Å². The molecule has 0 saturated carbocycles. The van der Waals surface area contributed by atoms with Gasteiger partial charge in [0.25, 0.3) is 0 Å². The fraction of sp³-hybridized carbons (Fsp3) is 0.533. The number of aliphatic hydroxyl groups is 1. The van der Waals surface area contributed by atoms with E-state index in [0.717, 1.165) is 4.90 Å². The number of carbonyl (C=O) groups excluding carboxylic acids is 1. The molecule has 0 bridgehead atoms. The topological polar surface area (TPSA) is 49.3 Å². The Hall–Kier alpha value is -1.00. The van der Waals surface area contributed by atoms with Crippen molar-refractivity contribution in [3.8, 4) is 0 Å². The number of amides is 1. The Kier molecular flexibility index (Phi) is 6.38. The zero-order valence-electron chi connectivity index (χ0n) is 11.9. The van der Waals surface area contributed by atoms with Gasteiger partial charge in [0.05, 0.1) is 11.4 Å². The monoisotopic (exact) mass is 281 g/mol. The van der Waals surface area contributed by atoms with Crippen LogP contribution in [0.25, 0.3) is 0 Å². The van der Waals surface area contributed by atoms with Gasteiger partial charge in [-0.3, -0.25) is 4.79 Å². The van der Waals surface area contributed by atoms with E-state index in [2.05, 4.69) is 5.32 Å². The summed E-state index contributed by atoms with van der Waals surface area (Å²) in [6.07, 6.45) is 1.30. The molecule has 0 aliphatic heterocycles. The summed E-state index contributed by atoms with van der Waals surface area (Å²) in [6, 6.07) is 8.10. The van der Waals surface area contributed by atoms with Gasteiger partial charge in [-0.1, -0.05) is 31.5 Å². The third kappa shape index (κ3) is 5.66. The van der Waals surface area contributed by atoms with Crippen LogP contribution in [-0.4, -0.2) is 28.9 Å². The lowest BCUT2D eigenvalue weighted by atomic mass is 9.98. The quantitative estimate of drug-likeness (QED) is 0.756. The molecule has 3 nitrogen and oxygen atoms in total. The minimum atomic E-state index is -0.774. The second-order valence-corrected chi connectivity index (χ2v) is 5.86. The van der Waals surface area contributed by atoms with Crippen molar-refractivity contribution < 1.29 is 9.90 Å². The first-order valence-corrected chi connectivity index (χ1v) is 7.66. The number of carbonyl (C=O) groups is 1. The molecule has 0 aromatic heterocycles. The number of rotatable bonds is 7. The Balaban J connectivity index is 2.34. The second kappa shape index (κ2) is 7.56. The Labute approximate surface area is 119 Å². The number of aryl methyl sites for hydroxylation is 1. The first-order chi connectivity index (χ1) is 8.99. The normalized spacial score (nSPS) is 11.4. The zero-order chi connectivity index (χ0) is 14.3. The number of benzene rings is 1. The van der Waals surface area contributed by atoms with Crippen LogP contribution in [-0.2, 0) is 4.79 Å². The van der Waals surface area contributed by atoms with Crippen LogP contribution < -0.4 is 5.32 Å². The number of thioether (sulfide) groups is 1. The summed E-state index contributed by atoms with van der Waals surface area (Å²) in [5, 5.41) is 12.9. The maximum atomic E-state index is 11.7. The average Bonchev–Trinajstić information content (AvgIpc) is 2.44. The van der Waals surface area contributed by atoms with Crippen molar-refractivity contribution in [2.45, 2.75) is 44.1 Å². The molecule has 1 rings (SSSR count). The van der Waals surface area contributed by atoms with E-state index in [1.165, 1.54) is 17.3 Å². The van der Waals surface area contributed by atoms with E-state index in [9.17, 15) is 9.90 Å². The molecule has 0 spiro atoms. The molecule has 0 fully saturated rings. The lowest BCUT2D eigenvalue weighted by Crippen LogP contribution is -2.42. The SMILES string of the molecule is CCC(O)(CC)CNC(=O)CSc1ccc(C)cc1. The van der Waals surface area contributed by atoms with Crippen molar-refractivity contribution in [2.75, 3.05) is 12.3 Å². The number of hydrogen-bond donors (Lipinski definition) is 2. The van der Waals surface area contributed by atoms with Gasteiger partial charge in [-0.25, -0.2) is 0 Å². The molecule has 0 aliphatic rings. The zero-order valence-corrected chi connectivity index (χ0v) is 12.7. The molecule has 0 saturated heterocycles. The molecule has 1 aromatic carbocycles. The number of nitrogens with one attached hydrogen (secondary N) is 1. The number of hydrogen-bond acceptors (Lipinski definition) is 3. The third-order valence-electron chi connectivity index (χ3n) is 3.32. The molecule has 1 amide bonds. The highest BCUT2D eigenvalue weighted by molar-refractivity contribution is 8.00. The van der Waals surface area contributed by atoms with E-state index in [4.69, 9.17) is 0 Å². The van der Waals surface area contributed by atoms with Crippen LogP contribution in [0.2, 0.25) is 0 Å². The van der Waals surface area contributed by atoms with Crippen molar-refractivity contribution in [1.82, 2.24) is 5.32 Å². The largest absolute Gasteiger partial charge is 0.388 e. The first kappa shape index (κ1) is 16.1. The average molecular weight is 281 g/mol. The third-order valence-corrected chi connectivity index (χ3v) is 4.33. The maximum absolute atomic E-state index is 11.7. The summed E-state index contributed by atoms with van der Waals surface area (Å²) in [7, 11) is 0. The van der Waals surface area contributed by atoms with Crippen LogP contribution >= 0.6 is 11.8 Å². The van der Waals surface area contributed by atoms with Crippen LogP contribution in [0.3, 0.4) is 0 Å². The first-order valence-electron chi connectivity index (χ1n) is 6.67. The van der Waals surface area contributed by atoms with Crippen LogP contribution in [0.4, 0.5) is 0 Å². The van der Waals surface area contributed by atoms with Crippen LogP contribution in [0.1, 0.15) is 32.3 Å². The lowest BCUT2D eigenvalue weighted by Gasteiger charge is -2.25. The fourth-order valence-electron chi connectivity index (χ4n) is 1.60. The molecule has 2 N–H and O–H groups in total. The molecule has 0 heterocycles. The molecule has 0 radical (unpaired) electrons.